The van der Waals surface area contributed by atoms with Crippen LogP contribution in [0.25, 0.3) is 0 Å². The zero-order valence-corrected chi connectivity index (χ0v) is 11.6. The van der Waals surface area contributed by atoms with Gasteiger partial charge in [-0.25, -0.2) is 4.98 Å². The number of aromatic nitrogens is 2. The van der Waals surface area contributed by atoms with Gasteiger partial charge in [-0.05, 0) is 37.1 Å². The molecule has 2 heterocycles. The molecule has 20 heavy (non-hydrogen) atoms. The van der Waals surface area contributed by atoms with Crippen molar-refractivity contribution in [2.24, 2.45) is 0 Å². The summed E-state index contributed by atoms with van der Waals surface area (Å²) in [6, 6.07) is 11.1. The number of nitrogens with zero attached hydrogens (tertiary/aromatic N) is 3. The second kappa shape index (κ2) is 5.59. The maximum absolute atomic E-state index is 12.6. The third kappa shape index (κ3) is 2.96. The lowest BCUT2D eigenvalue weighted by atomic mass is 10.2. The summed E-state index contributed by atoms with van der Waals surface area (Å²) in [4.78, 5) is 22.8. The molecule has 0 saturated heterocycles. The first-order valence-corrected chi connectivity index (χ1v) is 6.95. The summed E-state index contributed by atoms with van der Waals surface area (Å²) < 4.78 is 0. The first kappa shape index (κ1) is 13.1. The van der Waals surface area contributed by atoms with Crippen LogP contribution in [0.5, 0.6) is 0 Å². The number of amides is 1. The number of pyridine rings is 2. The zero-order chi connectivity index (χ0) is 13.9. The normalized spacial score (nSPS) is 14.1. The van der Waals surface area contributed by atoms with E-state index in [1.807, 2.05) is 23.1 Å². The van der Waals surface area contributed by atoms with Crippen molar-refractivity contribution in [1.29, 1.82) is 0 Å². The van der Waals surface area contributed by atoms with Crippen molar-refractivity contribution in [2.45, 2.75) is 25.4 Å². The standard InChI is InChI=1S/C15H14ClN3O/c16-14-6-3-5-13(18-14)15(20)19(12-7-8-12)10-11-4-1-2-9-17-11/h1-6,9,12H,7-8,10H2. The molecule has 0 spiro atoms. The van der Waals surface area contributed by atoms with Gasteiger partial charge >= 0.3 is 0 Å². The summed E-state index contributed by atoms with van der Waals surface area (Å²) in [5.74, 6) is -0.0827. The van der Waals surface area contributed by atoms with Crippen LogP contribution in [0.3, 0.4) is 0 Å². The number of hydrogen-bond acceptors (Lipinski definition) is 3. The van der Waals surface area contributed by atoms with Crippen LogP contribution >= 0.6 is 11.6 Å². The van der Waals surface area contributed by atoms with Gasteiger partial charge in [0.25, 0.3) is 5.91 Å². The van der Waals surface area contributed by atoms with Crippen molar-refractivity contribution in [3.05, 3.63) is 59.1 Å². The van der Waals surface area contributed by atoms with Gasteiger partial charge in [0.15, 0.2) is 0 Å². The van der Waals surface area contributed by atoms with Crippen LogP contribution in [0, 0.1) is 0 Å². The molecule has 4 nitrogen and oxygen atoms in total. The molecule has 0 bridgehead atoms. The van der Waals surface area contributed by atoms with E-state index < -0.39 is 0 Å². The van der Waals surface area contributed by atoms with Gasteiger partial charge in [0.2, 0.25) is 0 Å². The fourth-order valence-electron chi connectivity index (χ4n) is 2.09. The summed E-state index contributed by atoms with van der Waals surface area (Å²) in [5.41, 5.74) is 1.27. The molecule has 1 fully saturated rings. The van der Waals surface area contributed by atoms with E-state index in [0.29, 0.717) is 23.4 Å². The average Bonchev–Trinajstić information content (AvgIpc) is 3.30. The number of halogens is 1. The largest absolute Gasteiger partial charge is 0.328 e. The molecule has 2 aromatic rings. The lowest BCUT2D eigenvalue weighted by Crippen LogP contribution is -2.33. The lowest BCUT2D eigenvalue weighted by molar-refractivity contribution is 0.0721. The van der Waals surface area contributed by atoms with Crippen LogP contribution in [0.2, 0.25) is 5.15 Å². The van der Waals surface area contributed by atoms with Crippen LogP contribution in [0.15, 0.2) is 42.6 Å². The summed E-state index contributed by atoms with van der Waals surface area (Å²) in [6.45, 7) is 0.512. The molecule has 0 aliphatic heterocycles. The molecule has 3 rings (SSSR count). The first-order valence-electron chi connectivity index (χ1n) is 6.57. The highest BCUT2D eigenvalue weighted by molar-refractivity contribution is 6.29. The quantitative estimate of drug-likeness (QED) is 0.812. The molecular formula is C15H14ClN3O. The minimum atomic E-state index is -0.0827. The van der Waals surface area contributed by atoms with Crippen molar-refractivity contribution < 1.29 is 4.79 Å². The molecule has 1 aliphatic carbocycles. The fourth-order valence-corrected chi connectivity index (χ4v) is 2.26. The number of carbonyl (C=O) groups excluding carboxylic acids is 1. The Kier molecular flexibility index (Phi) is 3.65. The second-order valence-corrected chi connectivity index (χ2v) is 5.22. The van der Waals surface area contributed by atoms with E-state index >= 15 is 0 Å². The molecule has 0 N–H and O–H groups in total. The molecule has 0 radical (unpaired) electrons. The molecule has 2 aromatic heterocycles. The van der Waals surface area contributed by atoms with Gasteiger partial charge in [-0.15, -0.1) is 0 Å². The first-order chi connectivity index (χ1) is 9.74. The van der Waals surface area contributed by atoms with E-state index in [1.165, 1.54) is 0 Å². The van der Waals surface area contributed by atoms with E-state index in [4.69, 9.17) is 11.6 Å². The van der Waals surface area contributed by atoms with Crippen molar-refractivity contribution in [1.82, 2.24) is 14.9 Å². The highest BCUT2D eigenvalue weighted by Crippen LogP contribution is 2.29. The van der Waals surface area contributed by atoms with Crippen LogP contribution in [0.1, 0.15) is 29.0 Å². The maximum Gasteiger partial charge on any atom is 0.273 e. The second-order valence-electron chi connectivity index (χ2n) is 4.83. The Labute approximate surface area is 122 Å². The van der Waals surface area contributed by atoms with Crippen molar-refractivity contribution in [3.63, 3.8) is 0 Å². The van der Waals surface area contributed by atoms with Gasteiger partial charge in [-0.3, -0.25) is 9.78 Å². The van der Waals surface area contributed by atoms with Crippen LogP contribution in [-0.4, -0.2) is 26.8 Å². The SMILES string of the molecule is O=C(c1cccc(Cl)n1)N(Cc1ccccn1)C1CC1. The smallest absolute Gasteiger partial charge is 0.273 e. The van der Waals surface area contributed by atoms with Gasteiger partial charge in [0, 0.05) is 12.2 Å². The molecular weight excluding hydrogens is 274 g/mol. The Morgan fingerprint density at radius 2 is 2.10 bits per heavy atom. The molecule has 0 atom stereocenters. The van der Waals surface area contributed by atoms with Crippen molar-refractivity contribution in [2.75, 3.05) is 0 Å². The Morgan fingerprint density at radius 1 is 1.25 bits per heavy atom. The molecule has 0 unspecified atom stereocenters. The Hall–Kier alpha value is -1.94. The Bertz CT molecular complexity index is 614. The van der Waals surface area contributed by atoms with Gasteiger partial charge in [-0.1, -0.05) is 23.7 Å². The summed E-state index contributed by atoms with van der Waals surface area (Å²) >= 11 is 5.85. The van der Waals surface area contributed by atoms with E-state index in [-0.39, 0.29) is 5.91 Å². The third-order valence-electron chi connectivity index (χ3n) is 3.24. The van der Waals surface area contributed by atoms with E-state index in [2.05, 4.69) is 9.97 Å². The number of carbonyl (C=O) groups is 1. The van der Waals surface area contributed by atoms with Gasteiger partial charge in [-0.2, -0.15) is 0 Å². The Morgan fingerprint density at radius 3 is 2.75 bits per heavy atom. The summed E-state index contributed by atoms with van der Waals surface area (Å²) in [6.07, 6.45) is 3.82. The van der Waals surface area contributed by atoms with Gasteiger partial charge in [0.1, 0.15) is 10.8 Å². The maximum atomic E-state index is 12.6. The zero-order valence-electron chi connectivity index (χ0n) is 10.9. The van der Waals surface area contributed by atoms with E-state index in [1.54, 1.807) is 24.4 Å². The Balaban J connectivity index is 1.82. The minimum absolute atomic E-state index is 0.0827. The molecule has 1 saturated carbocycles. The van der Waals surface area contributed by atoms with Gasteiger partial charge in [0.05, 0.1) is 12.2 Å². The third-order valence-corrected chi connectivity index (χ3v) is 3.45. The van der Waals surface area contributed by atoms with Gasteiger partial charge < -0.3 is 4.90 Å². The highest BCUT2D eigenvalue weighted by Gasteiger charge is 2.33. The number of hydrogen-bond donors (Lipinski definition) is 0. The molecule has 1 amide bonds. The minimum Gasteiger partial charge on any atom is -0.328 e. The molecule has 1 aliphatic rings. The van der Waals surface area contributed by atoms with E-state index in [9.17, 15) is 4.79 Å². The molecule has 102 valence electrons. The van der Waals surface area contributed by atoms with Crippen LogP contribution < -0.4 is 0 Å². The monoisotopic (exact) mass is 287 g/mol. The van der Waals surface area contributed by atoms with Crippen LogP contribution in [-0.2, 0) is 6.54 Å². The molecule has 5 heteroatoms. The van der Waals surface area contributed by atoms with E-state index in [0.717, 1.165) is 18.5 Å². The summed E-state index contributed by atoms with van der Waals surface area (Å²) in [7, 11) is 0. The highest BCUT2D eigenvalue weighted by atomic mass is 35.5. The number of rotatable bonds is 4. The van der Waals surface area contributed by atoms with Crippen molar-refractivity contribution >= 4 is 17.5 Å². The van der Waals surface area contributed by atoms with Crippen LogP contribution in [0.4, 0.5) is 0 Å². The average molecular weight is 288 g/mol. The fraction of sp³-hybridized carbons (Fsp3) is 0.267. The molecule has 0 aromatic carbocycles. The predicted molar refractivity (Wildman–Crippen MR) is 76.4 cm³/mol. The predicted octanol–water partition coefficient (Wildman–Crippen LogP) is 2.93. The topological polar surface area (TPSA) is 46.1 Å². The van der Waals surface area contributed by atoms with Crippen molar-refractivity contribution in [3.8, 4) is 0 Å². The summed E-state index contributed by atoms with van der Waals surface area (Å²) in [5, 5.41) is 0.337. The lowest BCUT2D eigenvalue weighted by Gasteiger charge is -2.21.